The predicted octanol–water partition coefficient (Wildman–Crippen LogP) is 3.49. The van der Waals surface area contributed by atoms with Gasteiger partial charge in [0.05, 0.1) is 16.7 Å². The number of halogens is 1. The molecule has 0 unspecified atom stereocenters. The molecule has 0 aliphatic heterocycles. The molecule has 0 atom stereocenters. The quantitative estimate of drug-likeness (QED) is 0.864. The minimum Gasteiger partial charge on any atom is -0.478 e. The van der Waals surface area contributed by atoms with Crippen LogP contribution in [0, 0.1) is 6.92 Å². The fourth-order valence-corrected chi connectivity index (χ4v) is 2.37. The minimum atomic E-state index is -1.03. The summed E-state index contributed by atoms with van der Waals surface area (Å²) in [6.45, 7) is 1.82. The highest BCUT2D eigenvalue weighted by molar-refractivity contribution is 7.99. The number of carboxylic acid groups (broad SMARTS) is 1. The SMILES string of the molecule is Cc1occc1Sc1cc(C(=O)O)cc(Cl)n1. The van der Waals surface area contributed by atoms with Gasteiger partial charge >= 0.3 is 5.97 Å². The van der Waals surface area contributed by atoms with E-state index in [1.165, 1.54) is 23.9 Å². The summed E-state index contributed by atoms with van der Waals surface area (Å²) in [4.78, 5) is 15.8. The lowest BCUT2D eigenvalue weighted by atomic mass is 10.3. The van der Waals surface area contributed by atoms with Crippen LogP contribution < -0.4 is 0 Å². The fraction of sp³-hybridized carbons (Fsp3) is 0.0909. The zero-order valence-electron chi connectivity index (χ0n) is 8.81. The molecule has 2 aromatic heterocycles. The molecule has 88 valence electrons. The first-order chi connectivity index (χ1) is 8.06. The van der Waals surface area contributed by atoms with Crippen LogP contribution in [0.1, 0.15) is 16.1 Å². The van der Waals surface area contributed by atoms with Gasteiger partial charge in [0.15, 0.2) is 0 Å². The number of aromatic nitrogens is 1. The monoisotopic (exact) mass is 269 g/mol. The van der Waals surface area contributed by atoms with Crippen LogP contribution in [0.5, 0.6) is 0 Å². The van der Waals surface area contributed by atoms with Gasteiger partial charge in [0.2, 0.25) is 0 Å². The van der Waals surface area contributed by atoms with Crippen molar-refractivity contribution in [1.82, 2.24) is 4.98 Å². The number of aryl methyl sites for hydroxylation is 1. The van der Waals surface area contributed by atoms with Gasteiger partial charge in [-0.05, 0) is 25.1 Å². The Kier molecular flexibility index (Phi) is 3.40. The molecule has 0 aliphatic carbocycles. The highest BCUT2D eigenvalue weighted by Crippen LogP contribution is 2.30. The molecule has 0 amide bonds. The Bertz CT molecular complexity index is 568. The van der Waals surface area contributed by atoms with Crippen molar-refractivity contribution < 1.29 is 14.3 Å². The van der Waals surface area contributed by atoms with Gasteiger partial charge in [-0.3, -0.25) is 0 Å². The molecule has 0 saturated heterocycles. The Morgan fingerprint density at radius 1 is 1.53 bits per heavy atom. The van der Waals surface area contributed by atoms with Crippen LogP contribution in [-0.4, -0.2) is 16.1 Å². The summed E-state index contributed by atoms with van der Waals surface area (Å²) in [7, 11) is 0. The average molecular weight is 270 g/mol. The van der Waals surface area contributed by atoms with Crippen molar-refractivity contribution in [3.63, 3.8) is 0 Å². The summed E-state index contributed by atoms with van der Waals surface area (Å²) in [5.74, 6) is -0.270. The van der Waals surface area contributed by atoms with Crippen LogP contribution in [0.3, 0.4) is 0 Å². The van der Waals surface area contributed by atoms with Gasteiger partial charge in [-0.2, -0.15) is 0 Å². The molecule has 0 saturated carbocycles. The van der Waals surface area contributed by atoms with E-state index in [9.17, 15) is 4.79 Å². The summed E-state index contributed by atoms with van der Waals surface area (Å²) in [6, 6.07) is 4.59. The largest absolute Gasteiger partial charge is 0.478 e. The van der Waals surface area contributed by atoms with Gasteiger partial charge in [-0.15, -0.1) is 0 Å². The molecule has 0 bridgehead atoms. The summed E-state index contributed by atoms with van der Waals surface area (Å²) < 4.78 is 5.15. The van der Waals surface area contributed by atoms with Crippen LogP contribution in [0.4, 0.5) is 0 Å². The number of rotatable bonds is 3. The highest BCUT2D eigenvalue weighted by Gasteiger charge is 2.10. The van der Waals surface area contributed by atoms with E-state index in [0.717, 1.165) is 10.7 Å². The molecule has 0 radical (unpaired) electrons. The molecular weight excluding hydrogens is 262 g/mol. The summed E-state index contributed by atoms with van der Waals surface area (Å²) in [5.41, 5.74) is 0.119. The summed E-state index contributed by atoms with van der Waals surface area (Å²) in [6.07, 6.45) is 1.57. The second kappa shape index (κ2) is 4.81. The first kappa shape index (κ1) is 12.0. The van der Waals surface area contributed by atoms with Crippen molar-refractivity contribution in [2.75, 3.05) is 0 Å². The number of carboxylic acids is 1. The van der Waals surface area contributed by atoms with Crippen LogP contribution in [-0.2, 0) is 0 Å². The molecule has 0 fully saturated rings. The van der Waals surface area contributed by atoms with Gasteiger partial charge in [-0.25, -0.2) is 9.78 Å². The maximum atomic E-state index is 10.9. The first-order valence-corrected chi connectivity index (χ1v) is 5.88. The van der Waals surface area contributed by atoms with E-state index in [1.54, 1.807) is 12.3 Å². The number of pyridine rings is 1. The lowest BCUT2D eigenvalue weighted by Crippen LogP contribution is -1.97. The topological polar surface area (TPSA) is 63.3 Å². The van der Waals surface area contributed by atoms with Gasteiger partial charge in [0.25, 0.3) is 0 Å². The standard InChI is InChI=1S/C11H8ClNO3S/c1-6-8(2-3-16-6)17-10-5-7(11(14)15)4-9(12)13-10/h2-5H,1H3,(H,14,15). The van der Waals surface area contributed by atoms with E-state index >= 15 is 0 Å². The van der Waals surface area contributed by atoms with E-state index in [4.69, 9.17) is 21.1 Å². The zero-order chi connectivity index (χ0) is 12.4. The van der Waals surface area contributed by atoms with Crippen LogP contribution >= 0.6 is 23.4 Å². The molecule has 6 heteroatoms. The fourth-order valence-electron chi connectivity index (χ4n) is 1.24. The van der Waals surface area contributed by atoms with Crippen molar-refractivity contribution >= 4 is 29.3 Å². The lowest BCUT2D eigenvalue weighted by Gasteiger charge is -2.02. The molecule has 2 heterocycles. The number of hydrogen-bond donors (Lipinski definition) is 1. The van der Waals surface area contributed by atoms with Gasteiger partial charge in [0.1, 0.15) is 15.9 Å². The maximum absolute atomic E-state index is 10.9. The molecular formula is C11H8ClNO3S. The molecule has 17 heavy (non-hydrogen) atoms. The van der Waals surface area contributed by atoms with E-state index < -0.39 is 5.97 Å². The molecule has 1 N–H and O–H groups in total. The number of furan rings is 1. The summed E-state index contributed by atoms with van der Waals surface area (Å²) >= 11 is 7.08. The van der Waals surface area contributed by atoms with Gasteiger partial charge in [-0.1, -0.05) is 23.4 Å². The van der Waals surface area contributed by atoms with E-state index in [-0.39, 0.29) is 10.7 Å². The Balaban J connectivity index is 2.33. The first-order valence-electron chi connectivity index (χ1n) is 4.69. The maximum Gasteiger partial charge on any atom is 0.335 e. The predicted molar refractivity (Wildman–Crippen MR) is 63.8 cm³/mol. The minimum absolute atomic E-state index is 0.119. The average Bonchev–Trinajstić information content (AvgIpc) is 2.63. The number of nitrogens with zero attached hydrogens (tertiary/aromatic N) is 1. The summed E-state index contributed by atoms with van der Waals surface area (Å²) in [5, 5.41) is 9.59. The number of hydrogen-bond acceptors (Lipinski definition) is 4. The molecule has 2 rings (SSSR count). The molecule has 0 aliphatic rings. The zero-order valence-corrected chi connectivity index (χ0v) is 10.4. The second-order valence-corrected chi connectivity index (χ2v) is 4.71. The Labute approximate surface area is 107 Å². The van der Waals surface area contributed by atoms with Gasteiger partial charge in [0, 0.05) is 0 Å². The third kappa shape index (κ3) is 2.81. The van der Waals surface area contributed by atoms with E-state index in [2.05, 4.69) is 4.98 Å². The Hall–Kier alpha value is -1.46. The van der Waals surface area contributed by atoms with E-state index in [1.807, 2.05) is 6.92 Å². The smallest absolute Gasteiger partial charge is 0.335 e. The normalized spacial score (nSPS) is 10.5. The number of carbonyl (C=O) groups is 1. The van der Waals surface area contributed by atoms with E-state index in [0.29, 0.717) is 5.03 Å². The highest BCUT2D eigenvalue weighted by atomic mass is 35.5. The Morgan fingerprint density at radius 3 is 2.88 bits per heavy atom. The van der Waals surface area contributed by atoms with Crippen LogP contribution in [0.15, 0.2) is 38.8 Å². The Morgan fingerprint density at radius 2 is 2.29 bits per heavy atom. The van der Waals surface area contributed by atoms with Crippen molar-refractivity contribution in [3.8, 4) is 0 Å². The van der Waals surface area contributed by atoms with Crippen LogP contribution in [0.25, 0.3) is 0 Å². The van der Waals surface area contributed by atoms with Crippen molar-refractivity contribution in [1.29, 1.82) is 0 Å². The third-order valence-corrected chi connectivity index (χ3v) is 3.30. The lowest BCUT2D eigenvalue weighted by molar-refractivity contribution is 0.0696. The number of aromatic carboxylic acids is 1. The molecule has 2 aromatic rings. The van der Waals surface area contributed by atoms with Crippen molar-refractivity contribution in [2.45, 2.75) is 16.8 Å². The molecule has 0 spiro atoms. The van der Waals surface area contributed by atoms with Crippen LogP contribution in [0.2, 0.25) is 5.15 Å². The molecule has 4 nitrogen and oxygen atoms in total. The van der Waals surface area contributed by atoms with Gasteiger partial charge < -0.3 is 9.52 Å². The molecule has 0 aromatic carbocycles. The van der Waals surface area contributed by atoms with Crippen molar-refractivity contribution in [3.05, 3.63) is 40.9 Å². The third-order valence-electron chi connectivity index (χ3n) is 2.04. The second-order valence-electron chi connectivity index (χ2n) is 3.27. The van der Waals surface area contributed by atoms with Crippen molar-refractivity contribution in [2.24, 2.45) is 0 Å².